The van der Waals surface area contributed by atoms with E-state index in [1.54, 1.807) is 0 Å². The molecule has 0 aliphatic heterocycles. The van der Waals surface area contributed by atoms with Gasteiger partial charge in [-0.1, -0.05) is 40.0 Å². The summed E-state index contributed by atoms with van der Waals surface area (Å²) in [4.78, 5) is 0. The van der Waals surface area contributed by atoms with E-state index in [0.717, 1.165) is 5.92 Å². The first kappa shape index (κ1) is 7.11. The number of hydrogen-bond acceptors (Lipinski definition) is 0. The number of rotatable bonds is 1. The largest absolute Gasteiger partial charge is 0.0649 e. The smallest absolute Gasteiger partial charge is 0.0303 e. The summed E-state index contributed by atoms with van der Waals surface area (Å²) < 4.78 is 0. The van der Waals surface area contributed by atoms with Crippen molar-refractivity contribution in [3.63, 3.8) is 0 Å². The van der Waals surface area contributed by atoms with E-state index in [4.69, 9.17) is 0 Å². The predicted octanol–water partition coefficient (Wildman–Crippen LogP) is 3.22. The van der Waals surface area contributed by atoms with Gasteiger partial charge in [0.25, 0.3) is 0 Å². The van der Waals surface area contributed by atoms with E-state index < -0.39 is 0 Å². The van der Waals surface area contributed by atoms with Crippen LogP contribution in [0.1, 0.15) is 46.5 Å². The van der Waals surface area contributed by atoms with Crippen molar-refractivity contribution in [2.45, 2.75) is 46.5 Å². The summed E-state index contributed by atoms with van der Waals surface area (Å²) in [6.45, 7) is 7.16. The van der Waals surface area contributed by atoms with E-state index in [1.165, 1.54) is 25.7 Å². The van der Waals surface area contributed by atoms with Crippen LogP contribution in [-0.4, -0.2) is 0 Å². The van der Waals surface area contributed by atoms with Crippen LogP contribution in [-0.2, 0) is 0 Å². The molecule has 0 heteroatoms. The third-order valence-corrected chi connectivity index (χ3v) is 3.38. The lowest BCUT2D eigenvalue weighted by Gasteiger charge is -2.27. The minimum absolute atomic E-state index is 0.694. The zero-order chi connectivity index (χ0) is 6.91. The standard InChI is InChI=1S/C9H18/c1-4-9(3)7-5-6-8(9)2/h8H,4-7H2,1-3H3/t8-,9-/m1/s1. The molecule has 1 fully saturated rings. The molecule has 2 atom stereocenters. The van der Waals surface area contributed by atoms with E-state index >= 15 is 0 Å². The Morgan fingerprint density at radius 3 is 2.44 bits per heavy atom. The Morgan fingerprint density at radius 1 is 1.56 bits per heavy atom. The molecular formula is C9H18. The zero-order valence-corrected chi connectivity index (χ0v) is 6.91. The average Bonchev–Trinajstić information content (AvgIpc) is 2.15. The second-order valence-electron chi connectivity index (χ2n) is 3.80. The second-order valence-corrected chi connectivity index (χ2v) is 3.80. The Bertz CT molecular complexity index is 96.2. The summed E-state index contributed by atoms with van der Waals surface area (Å²) in [5.74, 6) is 0.975. The molecule has 0 heterocycles. The van der Waals surface area contributed by atoms with Gasteiger partial charge in [0.15, 0.2) is 0 Å². The molecule has 1 aliphatic rings. The first-order chi connectivity index (χ1) is 4.19. The van der Waals surface area contributed by atoms with Crippen LogP contribution in [0, 0.1) is 11.3 Å². The third kappa shape index (κ3) is 1.12. The number of hydrogen-bond donors (Lipinski definition) is 0. The fraction of sp³-hybridized carbons (Fsp3) is 1.00. The fourth-order valence-corrected chi connectivity index (χ4v) is 1.93. The molecule has 0 aromatic heterocycles. The van der Waals surface area contributed by atoms with E-state index in [1.807, 2.05) is 0 Å². The van der Waals surface area contributed by atoms with Crippen LogP contribution in [0.5, 0.6) is 0 Å². The summed E-state index contributed by atoms with van der Waals surface area (Å²) in [5.41, 5.74) is 0.694. The topological polar surface area (TPSA) is 0 Å². The van der Waals surface area contributed by atoms with Gasteiger partial charge >= 0.3 is 0 Å². The highest BCUT2D eigenvalue weighted by molar-refractivity contribution is 4.84. The van der Waals surface area contributed by atoms with Crippen molar-refractivity contribution in [3.8, 4) is 0 Å². The lowest BCUT2D eigenvalue weighted by Crippen LogP contribution is -2.17. The van der Waals surface area contributed by atoms with Gasteiger partial charge in [-0.3, -0.25) is 0 Å². The highest BCUT2D eigenvalue weighted by Crippen LogP contribution is 2.44. The summed E-state index contributed by atoms with van der Waals surface area (Å²) in [6.07, 6.45) is 5.76. The minimum Gasteiger partial charge on any atom is -0.0649 e. The van der Waals surface area contributed by atoms with Crippen LogP contribution in [0.4, 0.5) is 0 Å². The van der Waals surface area contributed by atoms with Gasteiger partial charge in [0, 0.05) is 0 Å². The van der Waals surface area contributed by atoms with Gasteiger partial charge in [0.1, 0.15) is 0 Å². The lowest BCUT2D eigenvalue weighted by molar-refractivity contribution is 0.236. The van der Waals surface area contributed by atoms with Crippen LogP contribution in [0.25, 0.3) is 0 Å². The second kappa shape index (κ2) is 2.32. The Hall–Kier alpha value is 0. The van der Waals surface area contributed by atoms with Crippen molar-refractivity contribution < 1.29 is 0 Å². The molecule has 0 amide bonds. The zero-order valence-electron chi connectivity index (χ0n) is 6.91. The monoisotopic (exact) mass is 126 g/mol. The van der Waals surface area contributed by atoms with Gasteiger partial charge in [-0.2, -0.15) is 0 Å². The molecule has 0 unspecified atom stereocenters. The summed E-state index contributed by atoms with van der Waals surface area (Å²) >= 11 is 0. The Balaban J connectivity index is 2.56. The molecule has 1 saturated carbocycles. The molecule has 0 radical (unpaired) electrons. The van der Waals surface area contributed by atoms with Crippen molar-refractivity contribution in [1.29, 1.82) is 0 Å². The Kier molecular flexibility index (Phi) is 1.83. The van der Waals surface area contributed by atoms with Crippen LogP contribution >= 0.6 is 0 Å². The van der Waals surface area contributed by atoms with Gasteiger partial charge in [-0.25, -0.2) is 0 Å². The lowest BCUT2D eigenvalue weighted by atomic mass is 9.79. The van der Waals surface area contributed by atoms with Gasteiger partial charge < -0.3 is 0 Å². The van der Waals surface area contributed by atoms with Crippen LogP contribution in [0.3, 0.4) is 0 Å². The maximum atomic E-state index is 2.44. The molecule has 0 N–H and O–H groups in total. The third-order valence-electron chi connectivity index (χ3n) is 3.38. The van der Waals surface area contributed by atoms with Crippen molar-refractivity contribution in [2.24, 2.45) is 11.3 Å². The van der Waals surface area contributed by atoms with E-state index in [0.29, 0.717) is 5.41 Å². The summed E-state index contributed by atoms with van der Waals surface area (Å²) in [7, 11) is 0. The normalized spacial score (nSPS) is 43.7. The van der Waals surface area contributed by atoms with Crippen molar-refractivity contribution in [2.75, 3.05) is 0 Å². The van der Waals surface area contributed by atoms with Gasteiger partial charge in [0.05, 0.1) is 0 Å². The average molecular weight is 126 g/mol. The SMILES string of the molecule is CC[C@]1(C)CCC[C@H]1C. The highest BCUT2D eigenvalue weighted by atomic mass is 14.4. The van der Waals surface area contributed by atoms with Gasteiger partial charge in [-0.05, 0) is 17.8 Å². The quantitative estimate of drug-likeness (QED) is 0.506. The van der Waals surface area contributed by atoms with Gasteiger partial charge in [0.2, 0.25) is 0 Å². The molecular weight excluding hydrogens is 108 g/mol. The first-order valence-corrected chi connectivity index (χ1v) is 4.19. The van der Waals surface area contributed by atoms with E-state index in [2.05, 4.69) is 20.8 Å². The molecule has 1 aliphatic carbocycles. The molecule has 54 valence electrons. The molecule has 9 heavy (non-hydrogen) atoms. The van der Waals surface area contributed by atoms with Crippen LogP contribution < -0.4 is 0 Å². The molecule has 0 aromatic rings. The Morgan fingerprint density at radius 2 is 2.22 bits per heavy atom. The van der Waals surface area contributed by atoms with Gasteiger partial charge in [-0.15, -0.1) is 0 Å². The first-order valence-electron chi connectivity index (χ1n) is 4.19. The summed E-state index contributed by atoms with van der Waals surface area (Å²) in [5, 5.41) is 0. The fourth-order valence-electron chi connectivity index (χ4n) is 1.93. The Labute approximate surface area is 58.7 Å². The van der Waals surface area contributed by atoms with E-state index in [9.17, 15) is 0 Å². The molecule has 0 saturated heterocycles. The van der Waals surface area contributed by atoms with Crippen molar-refractivity contribution in [3.05, 3.63) is 0 Å². The molecule has 0 nitrogen and oxygen atoms in total. The maximum Gasteiger partial charge on any atom is -0.0303 e. The van der Waals surface area contributed by atoms with Crippen LogP contribution in [0.15, 0.2) is 0 Å². The molecule has 0 bridgehead atoms. The molecule has 1 rings (SSSR count). The maximum absolute atomic E-state index is 2.44. The van der Waals surface area contributed by atoms with Crippen LogP contribution in [0.2, 0.25) is 0 Å². The van der Waals surface area contributed by atoms with Crippen molar-refractivity contribution in [1.82, 2.24) is 0 Å². The highest BCUT2D eigenvalue weighted by Gasteiger charge is 2.33. The molecule has 0 spiro atoms. The minimum atomic E-state index is 0.694. The van der Waals surface area contributed by atoms with E-state index in [-0.39, 0.29) is 0 Å². The molecule has 0 aromatic carbocycles. The summed E-state index contributed by atoms with van der Waals surface area (Å²) in [6, 6.07) is 0. The van der Waals surface area contributed by atoms with Crippen molar-refractivity contribution >= 4 is 0 Å². The predicted molar refractivity (Wildman–Crippen MR) is 41.4 cm³/mol.